The number of halogens is 3. The van der Waals surface area contributed by atoms with Crippen LogP contribution in [-0.4, -0.2) is 15.9 Å². The molecule has 1 aromatic carbocycles. The third kappa shape index (κ3) is 2.81. The van der Waals surface area contributed by atoms with E-state index in [-0.39, 0.29) is 32.8 Å². The summed E-state index contributed by atoms with van der Waals surface area (Å²) in [5.41, 5.74) is 6.13. The summed E-state index contributed by atoms with van der Waals surface area (Å²) in [6.45, 7) is 1.52. The van der Waals surface area contributed by atoms with Gasteiger partial charge in [-0.05, 0) is 19.1 Å². The van der Waals surface area contributed by atoms with Crippen LogP contribution in [0.15, 0.2) is 18.5 Å². The maximum Gasteiger partial charge on any atom is 0.257 e. The van der Waals surface area contributed by atoms with Gasteiger partial charge in [0.1, 0.15) is 17.2 Å². The van der Waals surface area contributed by atoms with Crippen molar-refractivity contribution in [2.75, 3.05) is 11.1 Å². The Morgan fingerprint density at radius 3 is 2.70 bits per heavy atom. The van der Waals surface area contributed by atoms with Crippen molar-refractivity contribution in [3.8, 4) is 0 Å². The van der Waals surface area contributed by atoms with Crippen molar-refractivity contribution in [1.29, 1.82) is 0 Å². The summed E-state index contributed by atoms with van der Waals surface area (Å²) in [7, 11) is 0. The minimum atomic E-state index is -0.604. The SMILES string of the molecule is Cc1c(N)cc(C(=O)Nc2ncnc(Cl)c2Cl)cc1F. The molecule has 0 saturated carbocycles. The van der Waals surface area contributed by atoms with Crippen LogP contribution in [-0.2, 0) is 0 Å². The molecule has 3 N–H and O–H groups in total. The van der Waals surface area contributed by atoms with E-state index in [1.54, 1.807) is 0 Å². The van der Waals surface area contributed by atoms with Crippen molar-refractivity contribution in [3.63, 3.8) is 0 Å². The molecular weight excluding hydrogens is 306 g/mol. The molecule has 0 aliphatic carbocycles. The topological polar surface area (TPSA) is 80.9 Å². The summed E-state index contributed by atoms with van der Waals surface area (Å²) in [5, 5.41) is 2.42. The zero-order valence-electron chi connectivity index (χ0n) is 10.2. The molecule has 0 spiro atoms. The summed E-state index contributed by atoms with van der Waals surface area (Å²) < 4.78 is 13.5. The first-order valence-corrected chi connectivity index (χ1v) is 6.18. The van der Waals surface area contributed by atoms with Crippen molar-refractivity contribution in [1.82, 2.24) is 9.97 Å². The van der Waals surface area contributed by atoms with E-state index in [0.717, 1.165) is 12.4 Å². The van der Waals surface area contributed by atoms with Gasteiger partial charge in [-0.2, -0.15) is 0 Å². The Morgan fingerprint density at radius 2 is 2.05 bits per heavy atom. The highest BCUT2D eigenvalue weighted by Crippen LogP contribution is 2.26. The molecule has 104 valence electrons. The molecule has 0 radical (unpaired) electrons. The fourth-order valence-electron chi connectivity index (χ4n) is 1.45. The average molecular weight is 315 g/mol. The molecule has 0 bridgehead atoms. The molecular formula is C12H9Cl2FN4O. The number of carbonyl (C=O) groups excluding carboxylic acids is 1. The number of nitrogens with zero attached hydrogens (tertiary/aromatic N) is 2. The second-order valence-corrected chi connectivity index (χ2v) is 4.69. The first kappa shape index (κ1) is 14.5. The quantitative estimate of drug-likeness (QED) is 0.659. The van der Waals surface area contributed by atoms with Crippen LogP contribution in [0.25, 0.3) is 0 Å². The normalized spacial score (nSPS) is 10.4. The highest BCUT2D eigenvalue weighted by atomic mass is 35.5. The molecule has 2 rings (SSSR count). The molecule has 0 atom stereocenters. The maximum absolute atomic E-state index is 13.5. The largest absolute Gasteiger partial charge is 0.398 e. The zero-order valence-corrected chi connectivity index (χ0v) is 11.8. The lowest BCUT2D eigenvalue weighted by Crippen LogP contribution is -2.14. The maximum atomic E-state index is 13.5. The van der Waals surface area contributed by atoms with E-state index >= 15 is 0 Å². The first-order chi connectivity index (χ1) is 9.40. The summed E-state index contributed by atoms with van der Waals surface area (Å²) in [6, 6.07) is 2.45. The summed E-state index contributed by atoms with van der Waals surface area (Å²) in [4.78, 5) is 19.4. The van der Waals surface area contributed by atoms with Gasteiger partial charge >= 0.3 is 0 Å². The summed E-state index contributed by atoms with van der Waals surface area (Å²) >= 11 is 11.5. The third-order valence-corrected chi connectivity index (χ3v) is 3.37. The molecule has 0 fully saturated rings. The fraction of sp³-hybridized carbons (Fsp3) is 0.0833. The molecule has 0 saturated heterocycles. The number of amides is 1. The predicted molar refractivity (Wildman–Crippen MR) is 75.6 cm³/mol. The van der Waals surface area contributed by atoms with Crippen LogP contribution in [0.2, 0.25) is 10.2 Å². The number of nitrogens with one attached hydrogen (secondary N) is 1. The van der Waals surface area contributed by atoms with Gasteiger partial charge in [0.25, 0.3) is 5.91 Å². The number of hydrogen-bond acceptors (Lipinski definition) is 4. The van der Waals surface area contributed by atoms with Crippen molar-refractivity contribution in [2.24, 2.45) is 0 Å². The molecule has 0 aliphatic rings. The van der Waals surface area contributed by atoms with Gasteiger partial charge in [-0.1, -0.05) is 23.2 Å². The van der Waals surface area contributed by atoms with Crippen LogP contribution >= 0.6 is 23.2 Å². The van der Waals surface area contributed by atoms with Gasteiger partial charge in [-0.15, -0.1) is 0 Å². The minimum Gasteiger partial charge on any atom is -0.398 e. The van der Waals surface area contributed by atoms with Gasteiger partial charge in [0.2, 0.25) is 0 Å². The molecule has 2 aromatic rings. The number of anilines is 2. The van der Waals surface area contributed by atoms with E-state index in [0.29, 0.717) is 0 Å². The van der Waals surface area contributed by atoms with Crippen molar-refractivity contribution in [3.05, 3.63) is 45.6 Å². The number of rotatable bonds is 2. The second-order valence-electron chi connectivity index (χ2n) is 3.95. The molecule has 5 nitrogen and oxygen atoms in total. The standard InChI is InChI=1S/C12H9Cl2FN4O/c1-5-7(15)2-6(3-8(5)16)12(20)19-11-9(13)10(14)17-4-18-11/h2-4H,16H2,1H3,(H,17,18,19,20). The molecule has 1 heterocycles. The van der Waals surface area contributed by atoms with Crippen molar-refractivity contribution in [2.45, 2.75) is 6.92 Å². The van der Waals surface area contributed by atoms with Gasteiger partial charge in [0, 0.05) is 16.8 Å². The fourth-order valence-corrected chi connectivity index (χ4v) is 1.72. The van der Waals surface area contributed by atoms with Crippen molar-refractivity contribution < 1.29 is 9.18 Å². The molecule has 0 aliphatic heterocycles. The van der Waals surface area contributed by atoms with E-state index in [9.17, 15) is 9.18 Å². The van der Waals surface area contributed by atoms with E-state index < -0.39 is 11.7 Å². The van der Waals surface area contributed by atoms with E-state index in [1.807, 2.05) is 0 Å². The number of nitrogen functional groups attached to an aromatic ring is 1. The molecule has 0 unspecified atom stereocenters. The van der Waals surface area contributed by atoms with E-state index in [4.69, 9.17) is 28.9 Å². The van der Waals surface area contributed by atoms with Crippen LogP contribution in [0.5, 0.6) is 0 Å². The number of carbonyl (C=O) groups is 1. The Morgan fingerprint density at radius 1 is 1.35 bits per heavy atom. The molecule has 1 amide bonds. The van der Waals surface area contributed by atoms with Crippen molar-refractivity contribution >= 4 is 40.6 Å². The molecule has 20 heavy (non-hydrogen) atoms. The van der Waals surface area contributed by atoms with Crippen LogP contribution in [0, 0.1) is 12.7 Å². The monoisotopic (exact) mass is 314 g/mol. The smallest absolute Gasteiger partial charge is 0.257 e. The van der Waals surface area contributed by atoms with Crippen LogP contribution in [0.3, 0.4) is 0 Å². The average Bonchev–Trinajstić information content (AvgIpc) is 2.40. The Balaban J connectivity index is 2.31. The van der Waals surface area contributed by atoms with E-state index in [1.165, 1.54) is 13.0 Å². The molecule has 8 heteroatoms. The van der Waals surface area contributed by atoms with Crippen LogP contribution < -0.4 is 11.1 Å². The Hall–Kier alpha value is -1.92. The Labute approximate surface area is 123 Å². The highest BCUT2D eigenvalue weighted by Gasteiger charge is 2.14. The predicted octanol–water partition coefficient (Wildman–Crippen LogP) is 3.07. The zero-order chi connectivity index (χ0) is 14.9. The summed E-state index contributed by atoms with van der Waals surface area (Å²) in [5.74, 6) is -1.13. The number of nitrogens with two attached hydrogens (primary N) is 1. The van der Waals surface area contributed by atoms with Crippen LogP contribution in [0.4, 0.5) is 15.9 Å². The number of benzene rings is 1. The summed E-state index contributed by atoms with van der Waals surface area (Å²) in [6.07, 6.45) is 1.15. The van der Waals surface area contributed by atoms with Crippen LogP contribution in [0.1, 0.15) is 15.9 Å². The minimum absolute atomic E-state index is 0.00284. The number of hydrogen-bond donors (Lipinski definition) is 2. The third-order valence-electron chi connectivity index (χ3n) is 2.63. The second kappa shape index (κ2) is 5.60. The van der Waals surface area contributed by atoms with Gasteiger partial charge in [-0.3, -0.25) is 4.79 Å². The molecule has 1 aromatic heterocycles. The highest BCUT2D eigenvalue weighted by molar-refractivity contribution is 6.43. The van der Waals surface area contributed by atoms with Gasteiger partial charge in [0.05, 0.1) is 0 Å². The van der Waals surface area contributed by atoms with Gasteiger partial charge < -0.3 is 11.1 Å². The van der Waals surface area contributed by atoms with Gasteiger partial charge in [0.15, 0.2) is 11.0 Å². The lowest BCUT2D eigenvalue weighted by atomic mass is 10.1. The number of aromatic nitrogens is 2. The van der Waals surface area contributed by atoms with E-state index in [2.05, 4.69) is 15.3 Å². The van der Waals surface area contributed by atoms with Gasteiger partial charge in [-0.25, -0.2) is 14.4 Å². The first-order valence-electron chi connectivity index (χ1n) is 5.43. The lowest BCUT2D eigenvalue weighted by Gasteiger charge is -2.08. The Bertz CT molecular complexity index is 670. The Kier molecular flexibility index (Phi) is 4.06. The lowest BCUT2D eigenvalue weighted by molar-refractivity contribution is 0.102.